The number of ether oxygens (including phenoxy) is 1. The first-order valence-electron chi connectivity index (χ1n) is 5.93. The Bertz CT molecular complexity index is 490. The van der Waals surface area contributed by atoms with Crippen molar-refractivity contribution in [2.75, 3.05) is 27.4 Å². The van der Waals surface area contributed by atoms with Gasteiger partial charge in [0.15, 0.2) is 0 Å². The SMILES string of the molecule is COCN(C)CCc1cn(C)c2ccccc12. The van der Waals surface area contributed by atoms with E-state index in [1.807, 2.05) is 0 Å². The van der Waals surface area contributed by atoms with Gasteiger partial charge in [-0.1, -0.05) is 18.2 Å². The number of likely N-dealkylation sites (N-methyl/N-ethyl adjacent to an activating group) is 1. The Morgan fingerprint density at radius 1 is 1.29 bits per heavy atom. The lowest BCUT2D eigenvalue weighted by Crippen LogP contribution is -2.23. The van der Waals surface area contributed by atoms with Crippen LogP contribution in [0.1, 0.15) is 5.56 Å². The minimum Gasteiger partial charge on any atom is -0.369 e. The van der Waals surface area contributed by atoms with Crippen molar-refractivity contribution in [1.82, 2.24) is 9.47 Å². The van der Waals surface area contributed by atoms with Gasteiger partial charge >= 0.3 is 0 Å². The van der Waals surface area contributed by atoms with Crippen LogP contribution in [0.2, 0.25) is 0 Å². The molecule has 3 heteroatoms. The maximum absolute atomic E-state index is 5.11. The molecule has 0 aliphatic rings. The Morgan fingerprint density at radius 2 is 2.06 bits per heavy atom. The number of hydrogen-bond donors (Lipinski definition) is 0. The average molecular weight is 232 g/mol. The average Bonchev–Trinajstić information content (AvgIpc) is 2.65. The summed E-state index contributed by atoms with van der Waals surface area (Å²) in [6.07, 6.45) is 3.28. The van der Waals surface area contributed by atoms with Gasteiger partial charge in [-0.2, -0.15) is 0 Å². The van der Waals surface area contributed by atoms with Crippen LogP contribution in [0.4, 0.5) is 0 Å². The molecule has 2 rings (SSSR count). The number of benzene rings is 1. The van der Waals surface area contributed by atoms with E-state index in [2.05, 4.69) is 54.0 Å². The largest absolute Gasteiger partial charge is 0.369 e. The number of para-hydroxylation sites is 1. The van der Waals surface area contributed by atoms with Crippen LogP contribution < -0.4 is 0 Å². The normalized spacial score (nSPS) is 11.5. The molecule has 0 saturated heterocycles. The molecule has 17 heavy (non-hydrogen) atoms. The van der Waals surface area contributed by atoms with Crippen LogP contribution in [0.15, 0.2) is 30.5 Å². The molecule has 1 aromatic heterocycles. The molecule has 0 unspecified atom stereocenters. The quantitative estimate of drug-likeness (QED) is 0.736. The summed E-state index contributed by atoms with van der Waals surface area (Å²) in [5, 5.41) is 1.36. The molecule has 0 fully saturated rings. The van der Waals surface area contributed by atoms with Gasteiger partial charge in [0.05, 0.1) is 6.73 Å². The zero-order chi connectivity index (χ0) is 12.3. The minimum absolute atomic E-state index is 0.685. The Labute approximate surface area is 103 Å². The Morgan fingerprint density at radius 3 is 2.82 bits per heavy atom. The smallest absolute Gasteiger partial charge is 0.0984 e. The highest BCUT2D eigenvalue weighted by Crippen LogP contribution is 2.20. The van der Waals surface area contributed by atoms with Crippen LogP contribution >= 0.6 is 0 Å². The highest BCUT2D eigenvalue weighted by atomic mass is 16.5. The van der Waals surface area contributed by atoms with Gasteiger partial charge in [0.2, 0.25) is 0 Å². The van der Waals surface area contributed by atoms with E-state index >= 15 is 0 Å². The van der Waals surface area contributed by atoms with E-state index in [-0.39, 0.29) is 0 Å². The van der Waals surface area contributed by atoms with Crippen molar-refractivity contribution in [3.8, 4) is 0 Å². The van der Waals surface area contributed by atoms with E-state index in [0.29, 0.717) is 6.73 Å². The van der Waals surface area contributed by atoms with Gasteiger partial charge in [-0.25, -0.2) is 0 Å². The second-order valence-electron chi connectivity index (χ2n) is 4.53. The second-order valence-corrected chi connectivity index (χ2v) is 4.53. The molecule has 3 nitrogen and oxygen atoms in total. The Hall–Kier alpha value is -1.32. The number of rotatable bonds is 5. The van der Waals surface area contributed by atoms with Gasteiger partial charge in [0.1, 0.15) is 0 Å². The third-order valence-electron chi connectivity index (χ3n) is 3.09. The van der Waals surface area contributed by atoms with Crippen LogP contribution in [0.25, 0.3) is 10.9 Å². The lowest BCUT2D eigenvalue weighted by Gasteiger charge is -2.14. The molecule has 1 aromatic carbocycles. The maximum Gasteiger partial charge on any atom is 0.0984 e. The van der Waals surface area contributed by atoms with E-state index in [9.17, 15) is 0 Å². The van der Waals surface area contributed by atoms with Crippen molar-refractivity contribution in [3.63, 3.8) is 0 Å². The molecular formula is C14H20N2O. The van der Waals surface area contributed by atoms with E-state index in [4.69, 9.17) is 4.74 Å². The van der Waals surface area contributed by atoms with Gasteiger partial charge in [-0.15, -0.1) is 0 Å². The number of aryl methyl sites for hydroxylation is 1. The summed E-state index contributed by atoms with van der Waals surface area (Å²) in [6, 6.07) is 8.55. The first-order chi connectivity index (χ1) is 8.22. The standard InChI is InChI=1S/C14H20N2O/c1-15(11-17-3)9-8-12-10-16(2)14-7-5-4-6-13(12)14/h4-7,10H,8-9,11H2,1-3H3. The molecule has 92 valence electrons. The molecule has 0 bridgehead atoms. The summed E-state index contributed by atoms with van der Waals surface area (Å²) in [5.74, 6) is 0. The third-order valence-corrected chi connectivity index (χ3v) is 3.09. The highest BCUT2D eigenvalue weighted by molar-refractivity contribution is 5.83. The molecular weight excluding hydrogens is 212 g/mol. The summed E-state index contributed by atoms with van der Waals surface area (Å²) >= 11 is 0. The van der Waals surface area contributed by atoms with Gasteiger partial charge in [-0.05, 0) is 25.1 Å². The highest BCUT2D eigenvalue weighted by Gasteiger charge is 2.06. The summed E-state index contributed by atoms with van der Waals surface area (Å²) in [4.78, 5) is 2.18. The molecule has 1 heterocycles. The van der Waals surface area contributed by atoms with Crippen molar-refractivity contribution in [2.45, 2.75) is 6.42 Å². The fourth-order valence-corrected chi connectivity index (χ4v) is 2.22. The molecule has 0 spiro atoms. The van der Waals surface area contributed by atoms with Gasteiger partial charge in [0.25, 0.3) is 0 Å². The van der Waals surface area contributed by atoms with Crippen molar-refractivity contribution in [1.29, 1.82) is 0 Å². The number of fused-ring (bicyclic) bond motifs is 1. The second kappa shape index (κ2) is 5.34. The van der Waals surface area contributed by atoms with E-state index in [1.165, 1.54) is 16.5 Å². The summed E-state index contributed by atoms with van der Waals surface area (Å²) in [6.45, 7) is 1.70. The van der Waals surface area contributed by atoms with E-state index < -0.39 is 0 Å². The number of nitrogens with zero attached hydrogens (tertiary/aromatic N) is 2. The van der Waals surface area contributed by atoms with Crippen LogP contribution in [-0.4, -0.2) is 36.9 Å². The first kappa shape index (κ1) is 12.1. The monoisotopic (exact) mass is 232 g/mol. The lowest BCUT2D eigenvalue weighted by molar-refractivity contribution is 0.0828. The van der Waals surface area contributed by atoms with Crippen LogP contribution in [0.3, 0.4) is 0 Å². The number of aromatic nitrogens is 1. The molecule has 2 aromatic rings. The van der Waals surface area contributed by atoms with Crippen molar-refractivity contribution in [3.05, 3.63) is 36.0 Å². The predicted molar refractivity (Wildman–Crippen MR) is 71.1 cm³/mol. The molecule has 0 aliphatic heterocycles. The van der Waals surface area contributed by atoms with Crippen LogP contribution in [0.5, 0.6) is 0 Å². The fraction of sp³-hybridized carbons (Fsp3) is 0.429. The van der Waals surface area contributed by atoms with E-state index in [0.717, 1.165) is 13.0 Å². The lowest BCUT2D eigenvalue weighted by atomic mass is 10.1. The number of hydrogen-bond acceptors (Lipinski definition) is 2. The summed E-state index contributed by atoms with van der Waals surface area (Å²) in [7, 11) is 5.91. The van der Waals surface area contributed by atoms with E-state index in [1.54, 1.807) is 7.11 Å². The topological polar surface area (TPSA) is 17.4 Å². The maximum atomic E-state index is 5.11. The van der Waals surface area contributed by atoms with Crippen molar-refractivity contribution < 1.29 is 4.74 Å². The summed E-state index contributed by atoms with van der Waals surface area (Å²) in [5.41, 5.74) is 2.71. The zero-order valence-corrected chi connectivity index (χ0v) is 10.8. The molecule has 0 saturated carbocycles. The molecule has 0 amide bonds. The Balaban J connectivity index is 2.13. The number of methoxy groups -OCH3 is 1. The Kier molecular flexibility index (Phi) is 3.82. The minimum atomic E-state index is 0.685. The fourth-order valence-electron chi connectivity index (χ4n) is 2.22. The first-order valence-corrected chi connectivity index (χ1v) is 5.93. The third kappa shape index (κ3) is 2.68. The van der Waals surface area contributed by atoms with Gasteiger partial charge < -0.3 is 9.30 Å². The molecule has 0 atom stereocenters. The molecule has 0 radical (unpaired) electrons. The van der Waals surface area contributed by atoms with Crippen molar-refractivity contribution in [2.24, 2.45) is 7.05 Å². The van der Waals surface area contributed by atoms with Crippen LogP contribution in [0, 0.1) is 0 Å². The zero-order valence-electron chi connectivity index (χ0n) is 10.8. The molecule has 0 aliphatic carbocycles. The van der Waals surface area contributed by atoms with Crippen LogP contribution in [-0.2, 0) is 18.2 Å². The predicted octanol–water partition coefficient (Wildman–Crippen LogP) is 2.26. The summed E-state index contributed by atoms with van der Waals surface area (Å²) < 4.78 is 7.30. The molecule has 0 N–H and O–H groups in total. The van der Waals surface area contributed by atoms with Gasteiger partial charge in [0, 0.05) is 37.8 Å². The van der Waals surface area contributed by atoms with Crippen molar-refractivity contribution >= 4 is 10.9 Å². The van der Waals surface area contributed by atoms with Gasteiger partial charge in [-0.3, -0.25) is 4.90 Å².